The standard InChI is InChI=1S/C15H20N4O/c1-12-9-15(18-17-11-12)19(8-4-7-16)13-5-3-6-14(10-13)20-2/h3,5-6,9-11H,4,7-8,16H2,1-2H3. The van der Waals surface area contributed by atoms with Gasteiger partial charge in [0, 0.05) is 18.3 Å². The quantitative estimate of drug-likeness (QED) is 0.874. The van der Waals surface area contributed by atoms with Crippen LogP contribution in [0.2, 0.25) is 0 Å². The van der Waals surface area contributed by atoms with E-state index in [2.05, 4.69) is 15.1 Å². The van der Waals surface area contributed by atoms with Gasteiger partial charge in [-0.25, -0.2) is 0 Å². The number of aromatic nitrogens is 2. The van der Waals surface area contributed by atoms with Gasteiger partial charge in [-0.1, -0.05) is 6.07 Å². The van der Waals surface area contributed by atoms with E-state index in [1.807, 2.05) is 37.3 Å². The van der Waals surface area contributed by atoms with Crippen LogP contribution in [0.5, 0.6) is 5.75 Å². The molecule has 0 radical (unpaired) electrons. The largest absolute Gasteiger partial charge is 0.497 e. The molecule has 0 saturated heterocycles. The molecule has 5 nitrogen and oxygen atoms in total. The average molecular weight is 272 g/mol. The maximum Gasteiger partial charge on any atom is 0.155 e. The van der Waals surface area contributed by atoms with Gasteiger partial charge in [0.15, 0.2) is 5.82 Å². The molecule has 20 heavy (non-hydrogen) atoms. The van der Waals surface area contributed by atoms with Gasteiger partial charge in [-0.2, -0.15) is 5.10 Å². The summed E-state index contributed by atoms with van der Waals surface area (Å²) in [7, 11) is 1.66. The number of aryl methyl sites for hydroxylation is 1. The fraction of sp³-hybridized carbons (Fsp3) is 0.333. The Morgan fingerprint density at radius 1 is 1.30 bits per heavy atom. The van der Waals surface area contributed by atoms with E-state index in [4.69, 9.17) is 10.5 Å². The van der Waals surface area contributed by atoms with Crippen molar-refractivity contribution in [1.29, 1.82) is 0 Å². The molecule has 0 bridgehead atoms. The van der Waals surface area contributed by atoms with Crippen molar-refractivity contribution in [3.8, 4) is 5.75 Å². The first-order valence-corrected chi connectivity index (χ1v) is 6.65. The Hall–Kier alpha value is -2.14. The summed E-state index contributed by atoms with van der Waals surface area (Å²) in [6.45, 7) is 3.44. The first-order chi connectivity index (χ1) is 9.74. The summed E-state index contributed by atoms with van der Waals surface area (Å²) in [5.41, 5.74) is 7.74. The predicted octanol–water partition coefficient (Wildman–Crippen LogP) is 2.28. The van der Waals surface area contributed by atoms with E-state index in [-0.39, 0.29) is 0 Å². The van der Waals surface area contributed by atoms with Crippen LogP contribution in [0, 0.1) is 6.92 Å². The Morgan fingerprint density at radius 2 is 2.15 bits per heavy atom. The molecule has 0 amide bonds. The molecule has 0 unspecified atom stereocenters. The first-order valence-electron chi connectivity index (χ1n) is 6.65. The van der Waals surface area contributed by atoms with Crippen molar-refractivity contribution in [2.75, 3.05) is 25.1 Å². The van der Waals surface area contributed by atoms with E-state index in [0.29, 0.717) is 6.54 Å². The summed E-state index contributed by atoms with van der Waals surface area (Å²) < 4.78 is 5.28. The number of anilines is 2. The number of hydrogen-bond donors (Lipinski definition) is 1. The van der Waals surface area contributed by atoms with Crippen LogP contribution >= 0.6 is 0 Å². The van der Waals surface area contributed by atoms with Crippen molar-refractivity contribution in [3.63, 3.8) is 0 Å². The lowest BCUT2D eigenvalue weighted by atomic mass is 10.2. The van der Waals surface area contributed by atoms with Crippen LogP contribution in [0.15, 0.2) is 36.5 Å². The molecule has 2 N–H and O–H groups in total. The van der Waals surface area contributed by atoms with E-state index >= 15 is 0 Å². The second-order valence-electron chi connectivity index (χ2n) is 4.59. The number of nitrogens with zero attached hydrogens (tertiary/aromatic N) is 3. The van der Waals surface area contributed by atoms with Crippen LogP contribution in [0.4, 0.5) is 11.5 Å². The molecule has 0 spiro atoms. The Bertz CT molecular complexity index is 559. The molecule has 5 heteroatoms. The maximum absolute atomic E-state index is 5.63. The van der Waals surface area contributed by atoms with Crippen molar-refractivity contribution < 1.29 is 4.74 Å². The lowest BCUT2D eigenvalue weighted by Crippen LogP contribution is -2.22. The third-order valence-corrected chi connectivity index (χ3v) is 3.01. The van der Waals surface area contributed by atoms with E-state index < -0.39 is 0 Å². The molecule has 0 aliphatic rings. The fourth-order valence-electron chi connectivity index (χ4n) is 1.98. The normalized spacial score (nSPS) is 10.3. The third-order valence-electron chi connectivity index (χ3n) is 3.01. The van der Waals surface area contributed by atoms with Gasteiger partial charge < -0.3 is 15.4 Å². The Morgan fingerprint density at radius 3 is 2.85 bits per heavy atom. The Kier molecular flexibility index (Phi) is 4.90. The molecule has 0 atom stereocenters. The van der Waals surface area contributed by atoms with Crippen LogP contribution in [0.25, 0.3) is 0 Å². The van der Waals surface area contributed by atoms with E-state index in [0.717, 1.165) is 35.8 Å². The topological polar surface area (TPSA) is 64.3 Å². The van der Waals surface area contributed by atoms with Gasteiger partial charge in [0.2, 0.25) is 0 Å². The molecular formula is C15H20N4O. The van der Waals surface area contributed by atoms with Crippen molar-refractivity contribution in [2.45, 2.75) is 13.3 Å². The zero-order valence-corrected chi connectivity index (χ0v) is 11.9. The van der Waals surface area contributed by atoms with Gasteiger partial charge in [-0.15, -0.1) is 5.10 Å². The minimum Gasteiger partial charge on any atom is -0.497 e. The van der Waals surface area contributed by atoms with Crippen LogP contribution in [0.1, 0.15) is 12.0 Å². The van der Waals surface area contributed by atoms with Gasteiger partial charge in [0.25, 0.3) is 0 Å². The molecule has 0 aliphatic carbocycles. The number of benzene rings is 1. The van der Waals surface area contributed by atoms with Crippen molar-refractivity contribution in [1.82, 2.24) is 10.2 Å². The average Bonchev–Trinajstić information content (AvgIpc) is 2.48. The molecule has 0 aliphatic heterocycles. The number of rotatable bonds is 6. The van der Waals surface area contributed by atoms with Crippen molar-refractivity contribution in [3.05, 3.63) is 42.1 Å². The highest BCUT2D eigenvalue weighted by molar-refractivity contribution is 5.61. The lowest BCUT2D eigenvalue weighted by Gasteiger charge is -2.23. The zero-order chi connectivity index (χ0) is 14.4. The summed E-state index contributed by atoms with van der Waals surface area (Å²) in [6.07, 6.45) is 2.63. The van der Waals surface area contributed by atoms with Gasteiger partial charge in [-0.3, -0.25) is 0 Å². The summed E-state index contributed by atoms with van der Waals surface area (Å²) in [6, 6.07) is 9.92. The zero-order valence-electron chi connectivity index (χ0n) is 11.9. The van der Waals surface area contributed by atoms with Crippen LogP contribution in [-0.4, -0.2) is 30.4 Å². The summed E-state index contributed by atoms with van der Waals surface area (Å²) >= 11 is 0. The number of ether oxygens (including phenoxy) is 1. The number of hydrogen-bond acceptors (Lipinski definition) is 5. The van der Waals surface area contributed by atoms with E-state index in [1.54, 1.807) is 13.3 Å². The monoisotopic (exact) mass is 272 g/mol. The number of nitrogens with two attached hydrogens (primary N) is 1. The van der Waals surface area contributed by atoms with Crippen LogP contribution in [-0.2, 0) is 0 Å². The highest BCUT2D eigenvalue weighted by Crippen LogP contribution is 2.27. The first kappa shape index (κ1) is 14.3. The SMILES string of the molecule is COc1cccc(N(CCCN)c2cc(C)cnn2)c1. The van der Waals surface area contributed by atoms with E-state index in [9.17, 15) is 0 Å². The highest BCUT2D eigenvalue weighted by Gasteiger charge is 2.11. The molecule has 1 aromatic carbocycles. The molecule has 0 fully saturated rings. The maximum atomic E-state index is 5.63. The van der Waals surface area contributed by atoms with Gasteiger partial charge >= 0.3 is 0 Å². The molecular weight excluding hydrogens is 252 g/mol. The van der Waals surface area contributed by atoms with Crippen LogP contribution < -0.4 is 15.4 Å². The minimum atomic E-state index is 0.639. The predicted molar refractivity (Wildman–Crippen MR) is 80.4 cm³/mol. The van der Waals surface area contributed by atoms with Crippen molar-refractivity contribution >= 4 is 11.5 Å². The summed E-state index contributed by atoms with van der Waals surface area (Å²) in [4.78, 5) is 2.11. The molecule has 2 aromatic rings. The highest BCUT2D eigenvalue weighted by atomic mass is 16.5. The van der Waals surface area contributed by atoms with Crippen LogP contribution in [0.3, 0.4) is 0 Å². The Labute approximate surface area is 119 Å². The lowest BCUT2D eigenvalue weighted by molar-refractivity contribution is 0.415. The molecule has 1 aromatic heterocycles. The summed E-state index contributed by atoms with van der Waals surface area (Å²) in [5.74, 6) is 1.65. The van der Waals surface area contributed by atoms with Gasteiger partial charge in [0.1, 0.15) is 5.75 Å². The smallest absolute Gasteiger partial charge is 0.155 e. The van der Waals surface area contributed by atoms with E-state index in [1.165, 1.54) is 0 Å². The van der Waals surface area contributed by atoms with Gasteiger partial charge in [-0.05, 0) is 43.7 Å². The molecule has 0 saturated carbocycles. The second-order valence-corrected chi connectivity index (χ2v) is 4.59. The third kappa shape index (κ3) is 3.45. The molecule has 106 valence electrons. The second kappa shape index (κ2) is 6.86. The summed E-state index contributed by atoms with van der Waals surface area (Å²) in [5, 5.41) is 8.25. The minimum absolute atomic E-state index is 0.639. The van der Waals surface area contributed by atoms with Crippen molar-refractivity contribution in [2.24, 2.45) is 5.73 Å². The fourth-order valence-corrected chi connectivity index (χ4v) is 1.98. The van der Waals surface area contributed by atoms with Gasteiger partial charge in [0.05, 0.1) is 13.3 Å². The Balaban J connectivity index is 2.35. The number of methoxy groups -OCH3 is 1. The molecule has 2 rings (SSSR count). The molecule has 1 heterocycles.